The number of carbonyl (C=O) groups is 2. The molecule has 0 spiro atoms. The average molecular weight is 236 g/mol. The van der Waals surface area contributed by atoms with Gasteiger partial charge in [-0.25, -0.2) is 0 Å². The highest BCUT2D eigenvalue weighted by molar-refractivity contribution is 6.06. The van der Waals surface area contributed by atoms with Crippen LogP contribution in [0.3, 0.4) is 0 Å². The van der Waals surface area contributed by atoms with Gasteiger partial charge in [0, 0.05) is 6.54 Å². The quantitative estimate of drug-likeness (QED) is 0.412. The second kappa shape index (κ2) is 3.92. The first-order chi connectivity index (χ1) is 8.24. The van der Waals surface area contributed by atoms with Crippen LogP contribution in [0.1, 0.15) is 12.8 Å². The minimum atomic E-state index is -0.268. The van der Waals surface area contributed by atoms with Gasteiger partial charge in [-0.1, -0.05) is 12.2 Å². The molecule has 3 aliphatic heterocycles. The Morgan fingerprint density at radius 2 is 1.71 bits per heavy atom. The summed E-state index contributed by atoms with van der Waals surface area (Å²) in [6.45, 7) is 1.10. The number of nitrogens with two attached hydrogens (primary N) is 1. The molecule has 17 heavy (non-hydrogen) atoms. The van der Waals surface area contributed by atoms with Crippen molar-refractivity contribution in [1.29, 1.82) is 0 Å². The lowest BCUT2D eigenvalue weighted by atomic mass is 9.85. The Morgan fingerprint density at radius 3 is 2.24 bits per heavy atom. The molecule has 4 atom stereocenters. The van der Waals surface area contributed by atoms with E-state index >= 15 is 0 Å². The molecule has 3 heterocycles. The van der Waals surface area contributed by atoms with E-state index in [-0.39, 0.29) is 35.9 Å². The molecule has 0 aromatic rings. The first-order valence-electron chi connectivity index (χ1n) is 6.13. The number of hydrogen-bond donors (Lipinski definition) is 1. The molecule has 0 saturated carbocycles. The molecule has 92 valence electrons. The van der Waals surface area contributed by atoms with Gasteiger partial charge in [0.1, 0.15) is 0 Å². The van der Waals surface area contributed by atoms with E-state index in [4.69, 9.17) is 10.5 Å². The molecule has 0 radical (unpaired) electrons. The third-order valence-electron chi connectivity index (χ3n) is 3.84. The van der Waals surface area contributed by atoms with E-state index in [0.29, 0.717) is 13.1 Å². The summed E-state index contributed by atoms with van der Waals surface area (Å²) in [6.07, 6.45) is 5.08. The Morgan fingerprint density at radius 1 is 1.12 bits per heavy atom. The standard InChI is InChI=1S/C12H16N2O3/c13-5-1-2-6-14-11(15)9-7-3-4-8(17-7)10(9)12(14)16/h3-4,7-10H,1-2,5-6,13H2/t7-,8+,9-,10-/m1/s1. The molecule has 2 fully saturated rings. The summed E-state index contributed by atoms with van der Waals surface area (Å²) in [4.78, 5) is 25.7. The van der Waals surface area contributed by atoms with Gasteiger partial charge in [0.05, 0.1) is 24.0 Å². The van der Waals surface area contributed by atoms with E-state index in [1.807, 2.05) is 12.2 Å². The first-order valence-corrected chi connectivity index (χ1v) is 6.13. The van der Waals surface area contributed by atoms with Gasteiger partial charge in [0.15, 0.2) is 0 Å². The van der Waals surface area contributed by atoms with Crippen LogP contribution >= 0.6 is 0 Å². The lowest BCUT2D eigenvalue weighted by molar-refractivity contribution is -0.142. The molecule has 0 unspecified atom stereocenters. The van der Waals surface area contributed by atoms with Crippen molar-refractivity contribution < 1.29 is 14.3 Å². The van der Waals surface area contributed by atoms with Crippen LogP contribution in [0, 0.1) is 11.8 Å². The Labute approximate surface area is 99.6 Å². The SMILES string of the molecule is NCCCCN1C(=O)[C@H]2[C@H](C1=O)[C@H]1C=C[C@@H]2O1. The molecule has 0 aliphatic carbocycles. The van der Waals surface area contributed by atoms with Crippen LogP contribution in [0.5, 0.6) is 0 Å². The van der Waals surface area contributed by atoms with Gasteiger partial charge >= 0.3 is 0 Å². The number of ether oxygens (including phenoxy) is 1. The van der Waals surface area contributed by atoms with Crippen LogP contribution < -0.4 is 5.73 Å². The molecular weight excluding hydrogens is 220 g/mol. The predicted molar refractivity (Wildman–Crippen MR) is 59.8 cm³/mol. The highest BCUT2D eigenvalue weighted by Crippen LogP contribution is 2.44. The molecule has 2 bridgehead atoms. The number of imide groups is 1. The summed E-state index contributed by atoms with van der Waals surface area (Å²) in [5, 5.41) is 0. The van der Waals surface area contributed by atoms with Crippen molar-refractivity contribution in [2.45, 2.75) is 25.0 Å². The largest absolute Gasteiger partial charge is 0.365 e. The van der Waals surface area contributed by atoms with E-state index in [2.05, 4.69) is 0 Å². The van der Waals surface area contributed by atoms with Gasteiger partial charge in [0.25, 0.3) is 0 Å². The third kappa shape index (κ3) is 1.46. The fourth-order valence-corrected chi connectivity index (χ4v) is 3.00. The number of amides is 2. The van der Waals surface area contributed by atoms with Crippen LogP contribution in [0.15, 0.2) is 12.2 Å². The normalized spacial score (nSPS) is 38.3. The molecule has 0 aromatic carbocycles. The maximum absolute atomic E-state index is 12.1. The molecule has 0 aromatic heterocycles. The van der Waals surface area contributed by atoms with Gasteiger partial charge in [-0.2, -0.15) is 0 Å². The lowest BCUT2D eigenvalue weighted by Gasteiger charge is -2.17. The number of rotatable bonds is 4. The summed E-state index contributed by atoms with van der Waals surface area (Å²) in [5.41, 5.74) is 5.41. The lowest BCUT2D eigenvalue weighted by Crippen LogP contribution is -2.35. The molecule has 2 N–H and O–H groups in total. The van der Waals surface area contributed by atoms with Crippen molar-refractivity contribution in [1.82, 2.24) is 4.90 Å². The molecule has 3 aliphatic rings. The van der Waals surface area contributed by atoms with Crippen LogP contribution in [-0.2, 0) is 14.3 Å². The van der Waals surface area contributed by atoms with Gasteiger partial charge in [-0.15, -0.1) is 0 Å². The van der Waals surface area contributed by atoms with Crippen molar-refractivity contribution in [2.75, 3.05) is 13.1 Å². The summed E-state index contributed by atoms with van der Waals surface area (Å²) >= 11 is 0. The second-order valence-corrected chi connectivity index (χ2v) is 4.83. The topological polar surface area (TPSA) is 72.6 Å². The zero-order valence-corrected chi connectivity index (χ0v) is 9.54. The fraction of sp³-hybridized carbons (Fsp3) is 0.667. The maximum atomic E-state index is 12.1. The number of fused-ring (bicyclic) bond motifs is 5. The van der Waals surface area contributed by atoms with Gasteiger partial charge in [0.2, 0.25) is 11.8 Å². The molecule has 5 nitrogen and oxygen atoms in total. The number of carbonyl (C=O) groups excluding carboxylic acids is 2. The Kier molecular flexibility index (Phi) is 2.52. The predicted octanol–water partition coefficient (Wildman–Crippen LogP) is -0.336. The third-order valence-corrected chi connectivity index (χ3v) is 3.84. The zero-order chi connectivity index (χ0) is 12.0. The van der Waals surface area contributed by atoms with Crippen LogP contribution in [0.2, 0.25) is 0 Å². The smallest absolute Gasteiger partial charge is 0.236 e. The number of unbranched alkanes of at least 4 members (excludes halogenated alkanes) is 1. The number of nitrogens with zero attached hydrogens (tertiary/aromatic N) is 1. The van der Waals surface area contributed by atoms with E-state index in [0.717, 1.165) is 12.8 Å². The first kappa shape index (κ1) is 10.9. The highest BCUT2D eigenvalue weighted by Gasteiger charge is 2.60. The molecule has 2 amide bonds. The number of hydrogen-bond acceptors (Lipinski definition) is 4. The van der Waals surface area contributed by atoms with E-state index in [9.17, 15) is 9.59 Å². The fourth-order valence-electron chi connectivity index (χ4n) is 3.00. The van der Waals surface area contributed by atoms with Crippen LogP contribution in [-0.4, -0.2) is 42.0 Å². The number of likely N-dealkylation sites (tertiary alicyclic amines) is 1. The monoisotopic (exact) mass is 236 g/mol. The summed E-state index contributed by atoms with van der Waals surface area (Å²) in [6, 6.07) is 0. The Hall–Kier alpha value is -1.20. The molecule has 5 heteroatoms. The maximum Gasteiger partial charge on any atom is 0.236 e. The van der Waals surface area contributed by atoms with E-state index in [1.165, 1.54) is 4.90 Å². The van der Waals surface area contributed by atoms with Crippen LogP contribution in [0.25, 0.3) is 0 Å². The minimum absolute atomic E-state index is 0.0612. The second-order valence-electron chi connectivity index (χ2n) is 4.83. The summed E-state index contributed by atoms with van der Waals surface area (Å²) < 4.78 is 5.55. The van der Waals surface area contributed by atoms with Crippen molar-refractivity contribution in [3.8, 4) is 0 Å². The van der Waals surface area contributed by atoms with Gasteiger partial charge < -0.3 is 10.5 Å². The summed E-state index contributed by atoms with van der Waals surface area (Å²) in [7, 11) is 0. The molecule has 2 saturated heterocycles. The van der Waals surface area contributed by atoms with Gasteiger partial charge in [-0.3, -0.25) is 14.5 Å². The van der Waals surface area contributed by atoms with Crippen molar-refractivity contribution in [3.05, 3.63) is 12.2 Å². The highest BCUT2D eigenvalue weighted by atomic mass is 16.5. The molecule has 3 rings (SSSR count). The van der Waals surface area contributed by atoms with Crippen molar-refractivity contribution in [2.24, 2.45) is 17.6 Å². The van der Waals surface area contributed by atoms with Crippen molar-refractivity contribution in [3.63, 3.8) is 0 Å². The van der Waals surface area contributed by atoms with E-state index in [1.54, 1.807) is 0 Å². The Bertz CT molecular complexity index is 363. The van der Waals surface area contributed by atoms with Crippen molar-refractivity contribution >= 4 is 11.8 Å². The summed E-state index contributed by atoms with van der Waals surface area (Å²) in [5.74, 6) is -0.659. The molecular formula is C12H16N2O3. The zero-order valence-electron chi connectivity index (χ0n) is 9.54. The van der Waals surface area contributed by atoms with E-state index < -0.39 is 0 Å². The minimum Gasteiger partial charge on any atom is -0.365 e. The Balaban J connectivity index is 1.74. The van der Waals surface area contributed by atoms with Gasteiger partial charge in [-0.05, 0) is 19.4 Å². The van der Waals surface area contributed by atoms with Crippen LogP contribution in [0.4, 0.5) is 0 Å². The average Bonchev–Trinajstić information content (AvgIpc) is 2.97.